The maximum atomic E-state index is 12.6. The number of ether oxygens (including phenoxy) is 1. The average Bonchev–Trinajstić information content (AvgIpc) is 3.45. The lowest BCUT2D eigenvalue weighted by Crippen LogP contribution is -2.11. The molecule has 0 radical (unpaired) electrons. The second-order valence-electron chi connectivity index (χ2n) is 8.06. The lowest BCUT2D eigenvalue weighted by molar-refractivity contribution is -0.111. The number of aromatic nitrogens is 2. The first kappa shape index (κ1) is 23.1. The fraction of sp³-hybridized carbons (Fsp3) is 0.0357. The molecule has 178 valence electrons. The number of pyridine rings is 1. The van der Waals surface area contributed by atoms with Crippen molar-refractivity contribution in [1.29, 1.82) is 0 Å². The summed E-state index contributed by atoms with van der Waals surface area (Å²) >= 11 is 1.45. The summed E-state index contributed by atoms with van der Waals surface area (Å²) in [7, 11) is 0. The number of benzene rings is 2. The van der Waals surface area contributed by atoms with Gasteiger partial charge in [0.1, 0.15) is 10.6 Å². The molecule has 2 aromatic carbocycles. The van der Waals surface area contributed by atoms with Crippen LogP contribution < -0.4 is 15.8 Å². The monoisotopic (exact) mass is 494 g/mol. The smallest absolute Gasteiger partial charge is 0.252 e. The van der Waals surface area contributed by atoms with Crippen molar-refractivity contribution in [2.24, 2.45) is 5.73 Å². The number of aryl methyl sites for hydroxylation is 1. The lowest BCUT2D eigenvalue weighted by Gasteiger charge is -2.11. The van der Waals surface area contributed by atoms with E-state index in [1.807, 2.05) is 83.6 Å². The van der Waals surface area contributed by atoms with Gasteiger partial charge in [-0.1, -0.05) is 36.9 Å². The van der Waals surface area contributed by atoms with E-state index in [1.54, 1.807) is 6.07 Å². The molecule has 0 unspecified atom stereocenters. The first-order chi connectivity index (χ1) is 17.4. The molecule has 3 N–H and O–H groups in total. The van der Waals surface area contributed by atoms with E-state index >= 15 is 0 Å². The molecule has 5 rings (SSSR count). The van der Waals surface area contributed by atoms with Crippen LogP contribution in [-0.2, 0) is 4.79 Å². The van der Waals surface area contributed by atoms with Gasteiger partial charge in [-0.15, -0.1) is 11.3 Å². The molecular formula is C28H22N4O3S. The number of carbonyl (C=O) groups is 2. The zero-order valence-electron chi connectivity index (χ0n) is 19.4. The summed E-state index contributed by atoms with van der Waals surface area (Å²) in [6.07, 6.45) is 3.13. The van der Waals surface area contributed by atoms with Crippen LogP contribution in [0.4, 0.5) is 5.69 Å². The second-order valence-corrected chi connectivity index (χ2v) is 8.95. The maximum Gasteiger partial charge on any atom is 0.252 e. The van der Waals surface area contributed by atoms with Crippen molar-refractivity contribution in [1.82, 2.24) is 9.38 Å². The summed E-state index contributed by atoms with van der Waals surface area (Å²) in [6, 6.07) is 20.5. The van der Waals surface area contributed by atoms with Gasteiger partial charge in [0.15, 0.2) is 0 Å². The van der Waals surface area contributed by atoms with E-state index in [2.05, 4.69) is 16.9 Å². The van der Waals surface area contributed by atoms with E-state index in [-0.39, 0.29) is 5.91 Å². The quantitative estimate of drug-likeness (QED) is 0.269. The van der Waals surface area contributed by atoms with Gasteiger partial charge in [0, 0.05) is 34.6 Å². The highest BCUT2D eigenvalue weighted by molar-refractivity contribution is 7.16. The summed E-state index contributed by atoms with van der Waals surface area (Å²) in [5.41, 5.74) is 11.1. The number of primary amides is 1. The molecule has 0 aliphatic rings. The molecule has 0 aliphatic carbocycles. The first-order valence-corrected chi connectivity index (χ1v) is 12.0. The molecule has 0 fully saturated rings. The Morgan fingerprint density at radius 1 is 1.06 bits per heavy atom. The van der Waals surface area contributed by atoms with Gasteiger partial charge in [-0.25, -0.2) is 4.98 Å². The number of rotatable bonds is 7. The number of nitrogens with one attached hydrogen (secondary N) is 1. The van der Waals surface area contributed by atoms with Crippen molar-refractivity contribution in [2.75, 3.05) is 5.32 Å². The van der Waals surface area contributed by atoms with Crippen LogP contribution in [0, 0.1) is 6.92 Å². The van der Waals surface area contributed by atoms with Gasteiger partial charge in [-0.3, -0.25) is 9.59 Å². The van der Waals surface area contributed by atoms with Crippen LogP contribution in [0.25, 0.3) is 27.2 Å². The van der Waals surface area contributed by atoms with Crippen LogP contribution >= 0.6 is 11.3 Å². The van der Waals surface area contributed by atoms with Crippen molar-refractivity contribution in [3.63, 3.8) is 0 Å². The van der Waals surface area contributed by atoms with Crippen LogP contribution in [0.2, 0.25) is 0 Å². The Hall–Kier alpha value is -4.69. The molecule has 0 saturated heterocycles. The Kier molecular flexibility index (Phi) is 6.10. The van der Waals surface area contributed by atoms with Gasteiger partial charge in [0.25, 0.3) is 5.91 Å². The molecule has 2 amide bonds. The third-order valence-electron chi connectivity index (χ3n) is 5.64. The summed E-state index contributed by atoms with van der Waals surface area (Å²) in [4.78, 5) is 29.4. The van der Waals surface area contributed by atoms with E-state index in [1.165, 1.54) is 17.4 Å². The van der Waals surface area contributed by atoms with Crippen molar-refractivity contribution in [3.8, 4) is 34.0 Å². The van der Waals surface area contributed by atoms with Gasteiger partial charge in [-0.2, -0.15) is 0 Å². The zero-order valence-corrected chi connectivity index (χ0v) is 20.2. The minimum atomic E-state index is -0.504. The molecular weight excluding hydrogens is 472 g/mol. The number of amides is 2. The Morgan fingerprint density at radius 2 is 1.78 bits per heavy atom. The van der Waals surface area contributed by atoms with Crippen molar-refractivity contribution >= 4 is 33.7 Å². The van der Waals surface area contributed by atoms with E-state index in [4.69, 9.17) is 10.5 Å². The number of hydrogen-bond donors (Lipinski definition) is 2. The number of anilines is 1. The molecule has 36 heavy (non-hydrogen) atoms. The third kappa shape index (κ3) is 4.37. The van der Waals surface area contributed by atoms with Gasteiger partial charge in [-0.05, 0) is 54.5 Å². The number of hydrogen-bond acceptors (Lipinski definition) is 5. The number of thiazole rings is 1. The highest BCUT2D eigenvalue weighted by Gasteiger charge is 2.25. The van der Waals surface area contributed by atoms with Gasteiger partial charge >= 0.3 is 0 Å². The predicted molar refractivity (Wildman–Crippen MR) is 143 cm³/mol. The molecule has 0 bridgehead atoms. The Labute approximate surface area is 211 Å². The van der Waals surface area contributed by atoms with E-state index < -0.39 is 5.91 Å². The highest BCUT2D eigenvalue weighted by atomic mass is 32.1. The fourth-order valence-electron chi connectivity index (χ4n) is 4.06. The maximum absolute atomic E-state index is 12.6. The summed E-state index contributed by atoms with van der Waals surface area (Å²) in [6.45, 7) is 5.38. The first-order valence-electron chi connectivity index (χ1n) is 11.1. The van der Waals surface area contributed by atoms with Crippen LogP contribution in [-0.4, -0.2) is 21.2 Å². The van der Waals surface area contributed by atoms with Crippen LogP contribution in [0.5, 0.6) is 11.6 Å². The van der Waals surface area contributed by atoms with Gasteiger partial charge in [0.05, 0.1) is 11.3 Å². The summed E-state index contributed by atoms with van der Waals surface area (Å²) in [5, 5.41) is 4.66. The molecule has 0 saturated carbocycles. The zero-order chi connectivity index (χ0) is 25.2. The van der Waals surface area contributed by atoms with Crippen molar-refractivity contribution in [2.45, 2.75) is 6.92 Å². The number of fused-ring (bicyclic) bond motifs is 1. The highest BCUT2D eigenvalue weighted by Crippen LogP contribution is 2.41. The van der Waals surface area contributed by atoms with Crippen LogP contribution in [0.15, 0.2) is 91.0 Å². The topological polar surface area (TPSA) is 98.7 Å². The molecule has 5 aromatic rings. The Bertz CT molecular complexity index is 1600. The Morgan fingerprint density at radius 3 is 2.44 bits per heavy atom. The Balaban J connectivity index is 1.59. The molecule has 7 nitrogen and oxygen atoms in total. The lowest BCUT2D eigenvalue weighted by atomic mass is 9.97. The minimum Gasteiger partial charge on any atom is -0.439 e. The number of nitrogens with zero attached hydrogens (tertiary/aromatic N) is 2. The van der Waals surface area contributed by atoms with E-state index in [9.17, 15) is 9.59 Å². The van der Waals surface area contributed by atoms with Crippen LogP contribution in [0.3, 0.4) is 0 Å². The van der Waals surface area contributed by atoms with E-state index in [0.717, 1.165) is 32.9 Å². The minimum absolute atomic E-state index is 0.287. The largest absolute Gasteiger partial charge is 0.439 e. The number of carbonyl (C=O) groups excluding carboxylic acids is 2. The molecule has 3 aromatic heterocycles. The van der Waals surface area contributed by atoms with Crippen molar-refractivity contribution < 1.29 is 14.3 Å². The molecule has 0 aliphatic heterocycles. The second kappa shape index (κ2) is 9.52. The SMILES string of the molecule is C=CC(=O)Nc1ccc(-c2c(-c3ccc(Oc4cccc(C)n4)cc3)c(C(N)=O)c3sccn23)cc1. The fourth-order valence-corrected chi connectivity index (χ4v) is 4.96. The standard InChI is InChI=1S/C28H22N4O3S/c1-3-22(33)31-20-11-7-19(8-12-20)26-24(25(27(29)34)28-32(26)15-16-36-28)18-9-13-21(14-10-18)35-23-6-4-5-17(2)30-23/h3-16H,1H2,2H3,(H2,29,34)(H,31,33). The molecule has 0 spiro atoms. The van der Waals surface area contributed by atoms with E-state index in [0.29, 0.717) is 22.9 Å². The number of nitrogens with two attached hydrogens (primary N) is 1. The predicted octanol–water partition coefficient (Wildman–Crippen LogP) is 6.05. The summed E-state index contributed by atoms with van der Waals surface area (Å²) < 4.78 is 7.86. The van der Waals surface area contributed by atoms with Gasteiger partial charge < -0.3 is 20.2 Å². The third-order valence-corrected chi connectivity index (χ3v) is 6.52. The van der Waals surface area contributed by atoms with Crippen molar-refractivity contribution in [3.05, 3.63) is 102 Å². The average molecular weight is 495 g/mol. The van der Waals surface area contributed by atoms with Crippen LogP contribution in [0.1, 0.15) is 16.1 Å². The normalized spacial score (nSPS) is 10.8. The molecule has 8 heteroatoms. The summed E-state index contributed by atoms with van der Waals surface area (Å²) in [5.74, 6) is 0.345. The van der Waals surface area contributed by atoms with Gasteiger partial charge in [0.2, 0.25) is 11.8 Å². The molecule has 0 atom stereocenters. The molecule has 3 heterocycles.